The average molecular weight is 355 g/mol. The zero-order valence-corrected chi connectivity index (χ0v) is 14.7. The van der Waals surface area contributed by atoms with E-state index in [4.69, 9.17) is 4.74 Å². The third-order valence-electron chi connectivity index (χ3n) is 3.72. The molecule has 1 atom stereocenters. The van der Waals surface area contributed by atoms with Gasteiger partial charge in [0, 0.05) is 12.1 Å². The molecule has 0 spiro atoms. The highest BCUT2D eigenvalue weighted by molar-refractivity contribution is 5.89. The number of ether oxygens (including phenoxy) is 1. The predicted octanol–water partition coefficient (Wildman–Crippen LogP) is 3.52. The van der Waals surface area contributed by atoms with Crippen molar-refractivity contribution in [1.29, 1.82) is 0 Å². The molecule has 0 radical (unpaired) electrons. The molecule has 0 saturated carbocycles. The minimum atomic E-state index is -0.652. The zero-order valence-electron chi connectivity index (χ0n) is 14.7. The Bertz CT molecular complexity index is 759. The molecule has 2 rings (SSSR count). The summed E-state index contributed by atoms with van der Waals surface area (Å²) in [6.07, 6.45) is 4.26. The normalized spacial score (nSPS) is 11.9. The number of carbonyl (C=O) groups excluding carboxylic acids is 2. The van der Waals surface area contributed by atoms with Crippen LogP contribution >= 0.6 is 0 Å². The molecule has 0 unspecified atom stereocenters. The van der Waals surface area contributed by atoms with E-state index >= 15 is 0 Å². The molecule has 2 aromatic carbocycles. The first-order valence-corrected chi connectivity index (χ1v) is 8.46. The van der Waals surface area contributed by atoms with Gasteiger partial charge in [0.15, 0.2) is 6.61 Å². The van der Waals surface area contributed by atoms with Crippen LogP contribution in [0.1, 0.15) is 24.5 Å². The van der Waals surface area contributed by atoms with Crippen molar-refractivity contribution >= 4 is 18.0 Å². The topological polar surface area (TPSA) is 55.4 Å². The fourth-order valence-corrected chi connectivity index (χ4v) is 2.38. The molecule has 0 saturated heterocycles. The van der Waals surface area contributed by atoms with E-state index in [1.807, 2.05) is 37.3 Å². The van der Waals surface area contributed by atoms with Gasteiger partial charge in [0.2, 0.25) is 0 Å². The van der Waals surface area contributed by atoms with Crippen LogP contribution in [0.4, 0.5) is 4.39 Å². The van der Waals surface area contributed by atoms with Gasteiger partial charge in [-0.05, 0) is 49.1 Å². The molecule has 2 aromatic rings. The van der Waals surface area contributed by atoms with Crippen LogP contribution in [0.3, 0.4) is 0 Å². The molecule has 0 bridgehead atoms. The number of rotatable bonds is 8. The molecule has 1 N–H and O–H groups in total. The molecule has 1 amide bonds. The van der Waals surface area contributed by atoms with Gasteiger partial charge in [0.1, 0.15) is 5.82 Å². The first kappa shape index (κ1) is 19.4. The van der Waals surface area contributed by atoms with E-state index in [-0.39, 0.29) is 24.4 Å². The SMILES string of the molecule is C[C@H](CCc1ccccc1)NC(=O)COC(=O)/C=C/c1cccc(F)c1. The lowest BCUT2D eigenvalue weighted by molar-refractivity contribution is -0.144. The number of aryl methyl sites for hydroxylation is 1. The lowest BCUT2D eigenvalue weighted by Crippen LogP contribution is -2.36. The number of nitrogens with one attached hydrogen (secondary N) is 1. The second kappa shape index (κ2) is 10.1. The summed E-state index contributed by atoms with van der Waals surface area (Å²) in [5.74, 6) is -1.39. The van der Waals surface area contributed by atoms with Gasteiger partial charge in [-0.25, -0.2) is 9.18 Å². The van der Waals surface area contributed by atoms with Crippen molar-refractivity contribution in [2.75, 3.05) is 6.61 Å². The van der Waals surface area contributed by atoms with Crippen molar-refractivity contribution in [3.05, 3.63) is 77.6 Å². The van der Waals surface area contributed by atoms with Gasteiger partial charge in [-0.2, -0.15) is 0 Å². The lowest BCUT2D eigenvalue weighted by atomic mass is 10.1. The van der Waals surface area contributed by atoms with Crippen LogP contribution in [-0.4, -0.2) is 24.5 Å². The third-order valence-corrected chi connectivity index (χ3v) is 3.72. The van der Waals surface area contributed by atoms with Crippen LogP contribution in [0.2, 0.25) is 0 Å². The number of amides is 1. The Morgan fingerprint density at radius 2 is 1.92 bits per heavy atom. The first-order valence-electron chi connectivity index (χ1n) is 8.46. The predicted molar refractivity (Wildman–Crippen MR) is 98.8 cm³/mol. The molecule has 136 valence electrons. The summed E-state index contributed by atoms with van der Waals surface area (Å²) in [7, 11) is 0. The van der Waals surface area contributed by atoms with Crippen molar-refractivity contribution in [2.45, 2.75) is 25.8 Å². The molecule has 0 aromatic heterocycles. The van der Waals surface area contributed by atoms with E-state index in [1.165, 1.54) is 29.8 Å². The van der Waals surface area contributed by atoms with Crippen molar-refractivity contribution in [3.63, 3.8) is 0 Å². The van der Waals surface area contributed by atoms with Crippen LogP contribution in [0.25, 0.3) is 6.08 Å². The van der Waals surface area contributed by atoms with Crippen LogP contribution in [0.5, 0.6) is 0 Å². The molecule has 4 nitrogen and oxygen atoms in total. The van der Waals surface area contributed by atoms with Crippen LogP contribution in [-0.2, 0) is 20.7 Å². The highest BCUT2D eigenvalue weighted by atomic mass is 19.1. The van der Waals surface area contributed by atoms with Gasteiger partial charge >= 0.3 is 5.97 Å². The van der Waals surface area contributed by atoms with Crippen molar-refractivity contribution in [3.8, 4) is 0 Å². The third kappa shape index (κ3) is 7.30. The Morgan fingerprint density at radius 1 is 1.15 bits per heavy atom. The summed E-state index contributed by atoms with van der Waals surface area (Å²) in [5.41, 5.74) is 1.75. The summed E-state index contributed by atoms with van der Waals surface area (Å²) < 4.78 is 17.9. The standard InChI is InChI=1S/C21H22FNO3/c1-16(10-11-17-6-3-2-4-7-17)23-20(24)15-26-21(25)13-12-18-8-5-9-19(22)14-18/h2-9,12-14,16H,10-11,15H2,1H3,(H,23,24)/b13-12+/t16-/m1/s1. The molecule has 0 aliphatic carbocycles. The molecular weight excluding hydrogens is 333 g/mol. The number of halogens is 1. The van der Waals surface area contributed by atoms with Gasteiger partial charge in [-0.3, -0.25) is 4.79 Å². The zero-order chi connectivity index (χ0) is 18.8. The van der Waals surface area contributed by atoms with Gasteiger partial charge < -0.3 is 10.1 Å². The summed E-state index contributed by atoms with van der Waals surface area (Å²) in [6, 6.07) is 15.8. The maximum absolute atomic E-state index is 13.0. The Labute approximate surface area is 152 Å². The van der Waals surface area contributed by atoms with Crippen LogP contribution < -0.4 is 5.32 Å². The number of esters is 1. The fourth-order valence-electron chi connectivity index (χ4n) is 2.38. The molecule has 5 heteroatoms. The Kier molecular flexibility index (Phi) is 7.55. The summed E-state index contributed by atoms with van der Waals surface area (Å²) in [5, 5.41) is 2.80. The second-order valence-electron chi connectivity index (χ2n) is 5.99. The smallest absolute Gasteiger partial charge is 0.331 e. The molecule has 0 fully saturated rings. The van der Waals surface area contributed by atoms with E-state index in [0.717, 1.165) is 12.8 Å². The van der Waals surface area contributed by atoms with E-state index in [1.54, 1.807) is 12.1 Å². The molecular formula is C21H22FNO3. The minimum Gasteiger partial charge on any atom is -0.452 e. The Hall–Kier alpha value is -2.95. The number of benzene rings is 2. The fraction of sp³-hybridized carbons (Fsp3) is 0.238. The highest BCUT2D eigenvalue weighted by Crippen LogP contribution is 2.06. The van der Waals surface area contributed by atoms with E-state index in [2.05, 4.69) is 5.32 Å². The first-order chi connectivity index (χ1) is 12.5. The lowest BCUT2D eigenvalue weighted by Gasteiger charge is -2.13. The highest BCUT2D eigenvalue weighted by Gasteiger charge is 2.09. The summed E-state index contributed by atoms with van der Waals surface area (Å²) >= 11 is 0. The van der Waals surface area contributed by atoms with Crippen LogP contribution in [0, 0.1) is 5.82 Å². The largest absolute Gasteiger partial charge is 0.452 e. The number of hydrogen-bond acceptors (Lipinski definition) is 3. The Balaban J connectivity index is 1.68. The Morgan fingerprint density at radius 3 is 2.65 bits per heavy atom. The molecule has 26 heavy (non-hydrogen) atoms. The minimum absolute atomic E-state index is 0.0238. The quantitative estimate of drug-likeness (QED) is 0.582. The van der Waals surface area contributed by atoms with E-state index in [9.17, 15) is 14.0 Å². The second-order valence-corrected chi connectivity index (χ2v) is 5.99. The molecule has 0 aliphatic rings. The van der Waals surface area contributed by atoms with Crippen LogP contribution in [0.15, 0.2) is 60.7 Å². The summed E-state index contributed by atoms with van der Waals surface area (Å²) in [6.45, 7) is 1.56. The van der Waals surface area contributed by atoms with Gasteiger partial charge in [-0.1, -0.05) is 42.5 Å². The van der Waals surface area contributed by atoms with E-state index < -0.39 is 5.97 Å². The number of carbonyl (C=O) groups is 2. The monoisotopic (exact) mass is 355 g/mol. The molecule has 0 heterocycles. The average Bonchev–Trinajstić information content (AvgIpc) is 2.64. The van der Waals surface area contributed by atoms with Gasteiger partial charge in [-0.15, -0.1) is 0 Å². The van der Waals surface area contributed by atoms with E-state index in [0.29, 0.717) is 5.56 Å². The van der Waals surface area contributed by atoms with Crippen molar-refractivity contribution < 1.29 is 18.7 Å². The van der Waals surface area contributed by atoms with Crippen molar-refractivity contribution in [1.82, 2.24) is 5.32 Å². The molecule has 0 aliphatic heterocycles. The maximum atomic E-state index is 13.0. The van der Waals surface area contributed by atoms with Crippen molar-refractivity contribution in [2.24, 2.45) is 0 Å². The number of hydrogen-bond donors (Lipinski definition) is 1. The summed E-state index contributed by atoms with van der Waals surface area (Å²) in [4.78, 5) is 23.4. The van der Waals surface area contributed by atoms with Gasteiger partial charge in [0.25, 0.3) is 5.91 Å². The maximum Gasteiger partial charge on any atom is 0.331 e. The van der Waals surface area contributed by atoms with Gasteiger partial charge in [0.05, 0.1) is 0 Å².